The maximum absolute atomic E-state index is 13.6. The van der Waals surface area contributed by atoms with E-state index in [4.69, 9.17) is 9.47 Å². The molecule has 238 valence electrons. The molecule has 1 unspecified atom stereocenters. The van der Waals surface area contributed by atoms with E-state index in [9.17, 15) is 19.5 Å². The van der Waals surface area contributed by atoms with Gasteiger partial charge < -0.3 is 19.5 Å². The van der Waals surface area contributed by atoms with Gasteiger partial charge in [0.05, 0.1) is 24.1 Å². The molecular weight excluding hydrogens is 570 g/mol. The number of carbonyl (C=O) groups is 1. The van der Waals surface area contributed by atoms with Crippen LogP contribution in [0.25, 0.3) is 10.9 Å². The van der Waals surface area contributed by atoms with Gasteiger partial charge in [-0.25, -0.2) is 14.2 Å². The first kappa shape index (κ1) is 32.2. The minimum absolute atomic E-state index is 0.0987. The highest BCUT2D eigenvalue weighted by molar-refractivity contribution is 5.80. The number of fused-ring (bicyclic) bond motifs is 1. The molecule has 5 rings (SSSR count). The van der Waals surface area contributed by atoms with Gasteiger partial charge in [0.15, 0.2) is 0 Å². The Bertz CT molecular complexity index is 1640. The van der Waals surface area contributed by atoms with Crippen LogP contribution in [0.1, 0.15) is 68.7 Å². The molecular formula is C36H43N3O6. The average Bonchev–Trinajstić information content (AvgIpc) is 3.07. The lowest BCUT2D eigenvalue weighted by Gasteiger charge is -2.34. The lowest BCUT2D eigenvalue weighted by Crippen LogP contribution is -2.44. The Labute approximate surface area is 263 Å². The minimum atomic E-state index is -1.22. The first-order valence-corrected chi connectivity index (χ1v) is 15.9. The summed E-state index contributed by atoms with van der Waals surface area (Å²) < 4.78 is 14.5. The van der Waals surface area contributed by atoms with Gasteiger partial charge in [-0.15, -0.1) is 0 Å². The molecule has 1 aliphatic rings. The van der Waals surface area contributed by atoms with E-state index in [1.165, 1.54) is 7.11 Å². The molecule has 45 heavy (non-hydrogen) atoms. The number of carboxylic acids is 1. The lowest BCUT2D eigenvalue weighted by molar-refractivity contribution is -0.141. The molecule has 0 radical (unpaired) electrons. The number of aryl methyl sites for hydroxylation is 1. The fraction of sp³-hybridized carbons (Fsp3) is 0.417. The number of hydrogen-bond acceptors (Lipinski definition) is 6. The highest BCUT2D eigenvalue weighted by Gasteiger charge is 2.27. The average molecular weight is 614 g/mol. The molecule has 9 heteroatoms. The number of hydrogen-bond donors (Lipinski definition) is 1. The third-order valence-electron chi connectivity index (χ3n) is 8.71. The zero-order chi connectivity index (χ0) is 31.8. The van der Waals surface area contributed by atoms with Gasteiger partial charge in [0.25, 0.3) is 5.56 Å². The topological polar surface area (TPSA) is 103 Å². The second-order valence-corrected chi connectivity index (χ2v) is 11.7. The fourth-order valence-corrected chi connectivity index (χ4v) is 6.30. The third kappa shape index (κ3) is 7.54. The normalized spacial score (nSPS) is 15.0. The van der Waals surface area contributed by atoms with Gasteiger partial charge in [-0.2, -0.15) is 0 Å². The van der Waals surface area contributed by atoms with Crippen molar-refractivity contribution in [3.63, 3.8) is 0 Å². The molecule has 0 amide bonds. The van der Waals surface area contributed by atoms with Crippen LogP contribution in [0.2, 0.25) is 0 Å². The second kappa shape index (κ2) is 15.2. The quantitative estimate of drug-likeness (QED) is 0.183. The maximum atomic E-state index is 13.6. The minimum Gasteiger partial charge on any atom is -0.497 e. The van der Waals surface area contributed by atoms with Crippen LogP contribution in [0.5, 0.6) is 5.75 Å². The fourth-order valence-electron chi connectivity index (χ4n) is 6.30. The summed E-state index contributed by atoms with van der Waals surface area (Å²) in [7, 11) is 1.51. The van der Waals surface area contributed by atoms with Crippen LogP contribution in [0, 0.1) is 0 Å². The van der Waals surface area contributed by atoms with Gasteiger partial charge in [-0.3, -0.25) is 9.36 Å². The second-order valence-electron chi connectivity index (χ2n) is 11.7. The van der Waals surface area contributed by atoms with E-state index in [0.29, 0.717) is 30.7 Å². The largest absolute Gasteiger partial charge is 0.497 e. The van der Waals surface area contributed by atoms with Crippen molar-refractivity contribution >= 4 is 16.9 Å². The van der Waals surface area contributed by atoms with E-state index >= 15 is 0 Å². The number of carboxylic acid groups (broad SMARTS) is 1. The van der Waals surface area contributed by atoms with Crippen LogP contribution >= 0.6 is 0 Å². The Kier molecular flexibility index (Phi) is 10.9. The SMILES string of the molecule is CCCC(C(=O)O)n1c(=O)c2cc(OC)ccc2n(CCCCN2CCC(OC(c3ccccc3)c3ccccc3)CC2)c1=O. The summed E-state index contributed by atoms with van der Waals surface area (Å²) in [5.74, 6) is -0.707. The predicted octanol–water partition coefficient (Wildman–Crippen LogP) is 5.65. The molecule has 1 aliphatic heterocycles. The summed E-state index contributed by atoms with van der Waals surface area (Å²) in [5, 5.41) is 10.1. The Hall–Kier alpha value is -4.21. The maximum Gasteiger partial charge on any atom is 0.332 e. The van der Waals surface area contributed by atoms with Crippen molar-refractivity contribution < 1.29 is 19.4 Å². The summed E-state index contributed by atoms with van der Waals surface area (Å²) in [5.41, 5.74) is 1.62. The molecule has 0 aliphatic carbocycles. The van der Waals surface area contributed by atoms with Crippen LogP contribution < -0.4 is 16.0 Å². The standard InChI is InChI=1S/C36H43N3O6/c1-3-12-32(35(41)42)39-34(40)30-25-29(44-2)17-18-31(30)38(36(39)43)22-11-10-21-37-23-19-28(20-24-37)45-33(26-13-6-4-7-14-26)27-15-8-5-9-16-27/h4-9,13-18,25,28,32-33H,3,10-12,19-24H2,1-2H3,(H,41,42). The molecule has 1 saturated heterocycles. The molecule has 1 N–H and O–H groups in total. The van der Waals surface area contributed by atoms with Crippen molar-refractivity contribution in [1.82, 2.24) is 14.0 Å². The molecule has 3 aromatic carbocycles. The van der Waals surface area contributed by atoms with Crippen molar-refractivity contribution in [3.8, 4) is 5.75 Å². The number of methoxy groups -OCH3 is 1. The van der Waals surface area contributed by atoms with Crippen molar-refractivity contribution in [1.29, 1.82) is 0 Å². The third-order valence-corrected chi connectivity index (χ3v) is 8.71. The number of aliphatic carboxylic acids is 1. The Morgan fingerprint density at radius 1 is 0.911 bits per heavy atom. The summed E-state index contributed by atoms with van der Waals surface area (Å²) in [6, 6.07) is 24.5. The summed E-state index contributed by atoms with van der Waals surface area (Å²) >= 11 is 0. The summed E-state index contributed by atoms with van der Waals surface area (Å²) in [6.07, 6.45) is 4.26. The molecule has 0 saturated carbocycles. The highest BCUT2D eigenvalue weighted by atomic mass is 16.5. The lowest BCUT2D eigenvalue weighted by atomic mass is 10.00. The van der Waals surface area contributed by atoms with Crippen LogP contribution in [-0.4, -0.2) is 58.0 Å². The predicted molar refractivity (Wildman–Crippen MR) is 175 cm³/mol. The van der Waals surface area contributed by atoms with Gasteiger partial charge in [0.2, 0.25) is 0 Å². The summed E-state index contributed by atoms with van der Waals surface area (Å²) in [6.45, 7) is 4.98. The monoisotopic (exact) mass is 613 g/mol. The van der Waals surface area contributed by atoms with Crippen LogP contribution in [-0.2, 0) is 16.1 Å². The highest BCUT2D eigenvalue weighted by Crippen LogP contribution is 2.30. The van der Waals surface area contributed by atoms with Crippen LogP contribution in [0.4, 0.5) is 0 Å². The van der Waals surface area contributed by atoms with Crippen molar-refractivity contribution in [2.75, 3.05) is 26.7 Å². The molecule has 4 aromatic rings. The number of rotatable bonds is 14. The number of aromatic nitrogens is 2. The Morgan fingerprint density at radius 2 is 1.53 bits per heavy atom. The molecule has 1 atom stereocenters. The molecule has 2 heterocycles. The van der Waals surface area contributed by atoms with Gasteiger partial charge in [-0.05, 0) is 68.0 Å². The smallest absolute Gasteiger partial charge is 0.332 e. The van der Waals surface area contributed by atoms with Gasteiger partial charge >= 0.3 is 11.7 Å². The summed E-state index contributed by atoms with van der Waals surface area (Å²) in [4.78, 5) is 41.5. The van der Waals surface area contributed by atoms with Gasteiger partial charge in [-0.1, -0.05) is 74.0 Å². The molecule has 0 bridgehead atoms. The van der Waals surface area contributed by atoms with E-state index in [1.807, 2.05) is 19.1 Å². The molecule has 0 spiro atoms. The first-order chi connectivity index (χ1) is 21.9. The number of ether oxygens (including phenoxy) is 2. The van der Waals surface area contributed by atoms with E-state index in [2.05, 4.69) is 53.4 Å². The zero-order valence-corrected chi connectivity index (χ0v) is 26.1. The van der Waals surface area contributed by atoms with Gasteiger partial charge in [0.1, 0.15) is 17.9 Å². The van der Waals surface area contributed by atoms with Crippen molar-refractivity contribution in [3.05, 3.63) is 111 Å². The molecule has 1 fully saturated rings. The number of unbranched alkanes of at least 4 members (excludes halogenated alkanes) is 1. The van der Waals surface area contributed by atoms with E-state index in [1.54, 1.807) is 22.8 Å². The Balaban J connectivity index is 1.22. The van der Waals surface area contributed by atoms with E-state index < -0.39 is 23.3 Å². The number of piperidine rings is 1. The number of nitrogens with zero attached hydrogens (tertiary/aromatic N) is 3. The van der Waals surface area contributed by atoms with Crippen molar-refractivity contribution in [2.45, 2.75) is 70.2 Å². The first-order valence-electron chi connectivity index (χ1n) is 15.9. The van der Waals surface area contributed by atoms with Crippen LogP contribution in [0.15, 0.2) is 88.5 Å². The number of benzene rings is 3. The van der Waals surface area contributed by atoms with Crippen LogP contribution in [0.3, 0.4) is 0 Å². The van der Waals surface area contributed by atoms with Crippen molar-refractivity contribution in [2.24, 2.45) is 0 Å². The van der Waals surface area contributed by atoms with E-state index in [0.717, 1.165) is 54.6 Å². The number of likely N-dealkylation sites (tertiary alicyclic amines) is 1. The zero-order valence-electron chi connectivity index (χ0n) is 26.1. The molecule has 1 aromatic heterocycles. The van der Waals surface area contributed by atoms with E-state index in [-0.39, 0.29) is 24.0 Å². The van der Waals surface area contributed by atoms with Gasteiger partial charge in [0, 0.05) is 19.6 Å². The Morgan fingerprint density at radius 3 is 2.11 bits per heavy atom. The molecule has 9 nitrogen and oxygen atoms in total.